The summed E-state index contributed by atoms with van der Waals surface area (Å²) < 4.78 is 15.8. The van der Waals surface area contributed by atoms with Crippen molar-refractivity contribution in [2.75, 3.05) is 0 Å². The fraction of sp³-hybridized carbons (Fsp3) is 0. The van der Waals surface area contributed by atoms with E-state index in [0.29, 0.717) is 11.3 Å². The van der Waals surface area contributed by atoms with Gasteiger partial charge in [-0.05, 0) is 42.0 Å². The normalized spacial score (nSPS) is 14.2. The highest BCUT2D eigenvalue weighted by Gasteiger charge is 2.28. The summed E-state index contributed by atoms with van der Waals surface area (Å²) in [5, 5.41) is 0. The Morgan fingerprint density at radius 1 is 1.16 bits per heavy atom. The number of furan rings is 1. The van der Waals surface area contributed by atoms with Crippen LogP contribution < -0.4 is 9.47 Å². The quantitative estimate of drug-likeness (QED) is 0.415. The lowest BCUT2D eigenvalue weighted by Gasteiger charge is -2.04. The van der Waals surface area contributed by atoms with Crippen LogP contribution in [0.25, 0.3) is 6.08 Å². The summed E-state index contributed by atoms with van der Waals surface area (Å²) in [7, 11) is 0. The summed E-state index contributed by atoms with van der Waals surface area (Å²) in [6, 6.07) is 11.3. The molecular formula is C19H11NO5. The molecule has 0 saturated carbocycles. The number of hydrogen-bond acceptors (Lipinski definition) is 6. The lowest BCUT2D eigenvalue weighted by atomic mass is 10.1. The Labute approximate surface area is 142 Å². The minimum atomic E-state index is -0.625. The molecule has 0 aliphatic carbocycles. The molecule has 0 saturated heterocycles. The first-order chi connectivity index (χ1) is 12.2. The number of benzene rings is 1. The number of fused-ring (bicyclic) bond motifs is 1. The van der Waals surface area contributed by atoms with Crippen molar-refractivity contribution in [2.24, 2.45) is 0 Å². The van der Waals surface area contributed by atoms with Crippen molar-refractivity contribution in [3.05, 3.63) is 83.8 Å². The molecule has 0 N–H and O–H groups in total. The Hall–Kier alpha value is -3.67. The molecule has 2 aromatic heterocycles. The minimum absolute atomic E-state index is 0.0923. The highest BCUT2D eigenvalue weighted by Crippen LogP contribution is 2.35. The van der Waals surface area contributed by atoms with Gasteiger partial charge in [0.15, 0.2) is 5.76 Å². The second-order valence-corrected chi connectivity index (χ2v) is 5.25. The second-order valence-electron chi connectivity index (χ2n) is 5.25. The molecule has 4 rings (SSSR count). The number of carbonyl (C=O) groups excluding carboxylic acids is 2. The molecule has 0 bridgehead atoms. The maximum Gasteiger partial charge on any atom is 0.379 e. The maximum absolute atomic E-state index is 12.4. The fourth-order valence-corrected chi connectivity index (χ4v) is 2.40. The second kappa shape index (κ2) is 6.09. The standard InChI is InChI=1S/C19H11NO5/c21-18-14-6-5-13(24-19(22)15-4-2-8-23-15)10-16(14)25-17(18)9-12-3-1-7-20-11-12/h1-11H/b17-9-. The zero-order chi connectivity index (χ0) is 17.2. The lowest BCUT2D eigenvalue weighted by molar-refractivity contribution is 0.0701. The summed E-state index contributed by atoms with van der Waals surface area (Å²) in [6.07, 6.45) is 6.28. The highest BCUT2D eigenvalue weighted by atomic mass is 16.5. The molecule has 0 radical (unpaired) electrons. The first-order valence-corrected chi connectivity index (χ1v) is 7.45. The van der Waals surface area contributed by atoms with Crippen molar-refractivity contribution in [3.8, 4) is 11.5 Å². The zero-order valence-corrected chi connectivity index (χ0v) is 12.8. The van der Waals surface area contributed by atoms with Crippen LogP contribution in [0.1, 0.15) is 26.5 Å². The summed E-state index contributed by atoms with van der Waals surface area (Å²) >= 11 is 0. The van der Waals surface area contributed by atoms with E-state index < -0.39 is 5.97 Å². The summed E-state index contributed by atoms with van der Waals surface area (Å²) in [5.74, 6) is 0.0239. The fourth-order valence-electron chi connectivity index (χ4n) is 2.40. The number of allylic oxidation sites excluding steroid dienone is 1. The van der Waals surface area contributed by atoms with E-state index in [-0.39, 0.29) is 23.1 Å². The van der Waals surface area contributed by atoms with Crippen LogP contribution in [0.15, 0.2) is 71.3 Å². The van der Waals surface area contributed by atoms with Crippen LogP contribution in [0.4, 0.5) is 0 Å². The Kier molecular flexibility index (Phi) is 3.63. The Morgan fingerprint density at radius 2 is 2.08 bits per heavy atom. The number of pyridine rings is 1. The molecule has 6 nitrogen and oxygen atoms in total. The first kappa shape index (κ1) is 14.9. The van der Waals surface area contributed by atoms with Gasteiger partial charge in [0.2, 0.25) is 11.5 Å². The van der Waals surface area contributed by atoms with E-state index in [0.717, 1.165) is 5.56 Å². The van der Waals surface area contributed by atoms with Crippen molar-refractivity contribution < 1.29 is 23.5 Å². The predicted octanol–water partition coefficient (Wildman–Crippen LogP) is 3.51. The van der Waals surface area contributed by atoms with Gasteiger partial charge in [0, 0.05) is 18.5 Å². The number of aromatic nitrogens is 1. The van der Waals surface area contributed by atoms with Crippen LogP contribution in [0.5, 0.6) is 11.5 Å². The maximum atomic E-state index is 12.4. The molecule has 122 valence electrons. The minimum Gasteiger partial charge on any atom is -0.457 e. The van der Waals surface area contributed by atoms with Crippen molar-refractivity contribution in [3.63, 3.8) is 0 Å². The molecule has 1 aliphatic rings. The molecule has 1 aromatic carbocycles. The van der Waals surface area contributed by atoms with Crippen LogP contribution in [0.2, 0.25) is 0 Å². The lowest BCUT2D eigenvalue weighted by Crippen LogP contribution is -2.07. The Morgan fingerprint density at radius 3 is 2.84 bits per heavy atom. The van der Waals surface area contributed by atoms with Crippen LogP contribution in [-0.4, -0.2) is 16.7 Å². The van der Waals surface area contributed by atoms with Crippen molar-refractivity contribution in [1.82, 2.24) is 4.98 Å². The molecule has 6 heteroatoms. The number of Topliss-reactive ketones (excluding diaryl/α,β-unsaturated/α-hetero) is 1. The number of rotatable bonds is 3. The van der Waals surface area contributed by atoms with Crippen molar-refractivity contribution >= 4 is 17.8 Å². The Balaban J connectivity index is 1.57. The predicted molar refractivity (Wildman–Crippen MR) is 87.3 cm³/mol. The molecule has 1 aliphatic heterocycles. The molecule has 3 aromatic rings. The summed E-state index contributed by atoms with van der Waals surface area (Å²) in [4.78, 5) is 28.3. The van der Waals surface area contributed by atoms with E-state index in [2.05, 4.69) is 4.98 Å². The van der Waals surface area contributed by atoms with Gasteiger partial charge < -0.3 is 13.9 Å². The third-order valence-corrected chi connectivity index (χ3v) is 3.56. The molecular weight excluding hydrogens is 322 g/mol. The number of nitrogens with zero attached hydrogens (tertiary/aromatic N) is 1. The van der Waals surface area contributed by atoms with Crippen LogP contribution in [-0.2, 0) is 0 Å². The van der Waals surface area contributed by atoms with Gasteiger partial charge in [0.05, 0.1) is 11.8 Å². The van der Waals surface area contributed by atoms with E-state index in [4.69, 9.17) is 13.9 Å². The average molecular weight is 333 g/mol. The van der Waals surface area contributed by atoms with E-state index in [1.807, 2.05) is 6.07 Å². The van der Waals surface area contributed by atoms with Crippen LogP contribution >= 0.6 is 0 Å². The third kappa shape index (κ3) is 2.92. The molecule has 0 spiro atoms. The molecule has 0 amide bonds. The van der Waals surface area contributed by atoms with Gasteiger partial charge in [0.1, 0.15) is 11.5 Å². The number of ether oxygens (including phenoxy) is 2. The smallest absolute Gasteiger partial charge is 0.379 e. The van der Waals surface area contributed by atoms with Gasteiger partial charge in [-0.2, -0.15) is 0 Å². The molecule has 0 atom stereocenters. The SMILES string of the molecule is O=C(Oc1ccc2c(c1)O/C(=C\c1cccnc1)C2=O)c1ccco1. The van der Waals surface area contributed by atoms with Crippen LogP contribution in [0.3, 0.4) is 0 Å². The Bertz CT molecular complexity index is 974. The van der Waals surface area contributed by atoms with Crippen molar-refractivity contribution in [2.45, 2.75) is 0 Å². The number of hydrogen-bond donors (Lipinski definition) is 0. The molecule has 3 heterocycles. The molecule has 0 fully saturated rings. The van der Waals surface area contributed by atoms with Crippen LogP contribution in [0, 0.1) is 0 Å². The number of carbonyl (C=O) groups is 2. The number of esters is 1. The molecule has 0 unspecified atom stereocenters. The van der Waals surface area contributed by atoms with E-state index in [1.54, 1.807) is 36.7 Å². The van der Waals surface area contributed by atoms with Gasteiger partial charge in [-0.15, -0.1) is 0 Å². The van der Waals surface area contributed by atoms with E-state index >= 15 is 0 Å². The summed E-state index contributed by atoms with van der Waals surface area (Å²) in [6.45, 7) is 0. The summed E-state index contributed by atoms with van der Waals surface area (Å²) in [5.41, 5.74) is 1.16. The van der Waals surface area contributed by atoms with Gasteiger partial charge in [-0.1, -0.05) is 6.07 Å². The monoisotopic (exact) mass is 333 g/mol. The zero-order valence-electron chi connectivity index (χ0n) is 12.8. The van der Waals surface area contributed by atoms with E-state index in [9.17, 15) is 9.59 Å². The van der Waals surface area contributed by atoms with Gasteiger partial charge in [0.25, 0.3) is 0 Å². The van der Waals surface area contributed by atoms with Gasteiger partial charge in [-0.25, -0.2) is 4.79 Å². The average Bonchev–Trinajstić information content (AvgIpc) is 3.25. The number of ketones is 1. The molecule has 25 heavy (non-hydrogen) atoms. The topological polar surface area (TPSA) is 78.6 Å². The van der Waals surface area contributed by atoms with E-state index in [1.165, 1.54) is 24.5 Å². The highest BCUT2D eigenvalue weighted by molar-refractivity contribution is 6.14. The third-order valence-electron chi connectivity index (χ3n) is 3.56. The largest absolute Gasteiger partial charge is 0.457 e. The first-order valence-electron chi connectivity index (χ1n) is 7.45. The van der Waals surface area contributed by atoms with Crippen molar-refractivity contribution in [1.29, 1.82) is 0 Å². The van der Waals surface area contributed by atoms with Gasteiger partial charge in [-0.3, -0.25) is 9.78 Å². The van der Waals surface area contributed by atoms with Gasteiger partial charge >= 0.3 is 5.97 Å².